The summed E-state index contributed by atoms with van der Waals surface area (Å²) in [5.41, 5.74) is 19.7. The first kappa shape index (κ1) is 38.5. The molecule has 0 bridgehead atoms. The van der Waals surface area contributed by atoms with Gasteiger partial charge >= 0.3 is 0 Å². The molecule has 10 rings (SSSR count). The van der Waals surface area contributed by atoms with Crippen molar-refractivity contribution in [2.24, 2.45) is 0 Å². The summed E-state index contributed by atoms with van der Waals surface area (Å²) in [6.45, 7) is 19.6. The molecule has 0 unspecified atom stereocenters. The number of benzene rings is 7. The minimum absolute atomic E-state index is 0.00643. The normalized spacial score (nSPS) is 18.4. The highest BCUT2D eigenvalue weighted by Gasteiger charge is 2.48. The molecule has 0 N–H and O–H groups in total. The molecular formula is C59H59N. The highest BCUT2D eigenvalue weighted by atomic mass is 15.1. The van der Waals surface area contributed by atoms with Crippen LogP contribution < -0.4 is 4.90 Å². The van der Waals surface area contributed by atoms with E-state index in [0.29, 0.717) is 0 Å². The zero-order chi connectivity index (χ0) is 41.7. The molecule has 1 nitrogen and oxygen atoms in total. The minimum atomic E-state index is -0.524. The predicted molar refractivity (Wildman–Crippen MR) is 254 cm³/mol. The van der Waals surface area contributed by atoms with Crippen LogP contribution in [0, 0.1) is 0 Å². The van der Waals surface area contributed by atoms with E-state index in [1.807, 2.05) is 0 Å². The Hall–Kier alpha value is -5.66. The lowest BCUT2D eigenvalue weighted by atomic mass is 9.61. The summed E-state index contributed by atoms with van der Waals surface area (Å²) in [5.74, 6) is 0. The Morgan fingerprint density at radius 3 is 1.50 bits per heavy atom. The Morgan fingerprint density at radius 2 is 0.850 bits per heavy atom. The minimum Gasteiger partial charge on any atom is -0.310 e. The van der Waals surface area contributed by atoms with Crippen LogP contribution in [0.15, 0.2) is 164 Å². The molecule has 0 aromatic heterocycles. The van der Waals surface area contributed by atoms with E-state index in [0.717, 1.165) is 12.1 Å². The summed E-state index contributed by atoms with van der Waals surface area (Å²) < 4.78 is 0. The second kappa shape index (κ2) is 13.7. The summed E-state index contributed by atoms with van der Waals surface area (Å²) in [4.78, 5) is 2.59. The van der Waals surface area contributed by atoms with Gasteiger partial charge in [-0.1, -0.05) is 183 Å². The van der Waals surface area contributed by atoms with E-state index in [1.165, 1.54) is 97.4 Å². The fraction of sp³-hybridized carbons (Fsp3) is 0.288. The molecule has 0 saturated carbocycles. The quantitative estimate of drug-likeness (QED) is 0.162. The highest BCUT2D eigenvalue weighted by Crippen LogP contribution is 2.60. The van der Waals surface area contributed by atoms with Gasteiger partial charge in [-0.2, -0.15) is 0 Å². The standard InChI is InChI=1S/C59H59N/c1-55(2)33-34-57(5,6)52-37-43(31-32-49(52)55)60(42-25-16-11-17-26-42)53-39-51-46(38-47(53)45-28-20-30-50-54(45)58(7,8)36-35-56(50,3)4)44-27-18-19-29-48(44)59(51,40-21-12-9-13-22-40)41-23-14-10-15-24-41/h9-32,37-39H,33-36H2,1-8H3. The van der Waals surface area contributed by atoms with E-state index >= 15 is 0 Å². The van der Waals surface area contributed by atoms with Gasteiger partial charge in [0.05, 0.1) is 11.1 Å². The molecule has 3 aliphatic carbocycles. The SMILES string of the molecule is CC1(C)CCC(C)(C)c2cc(N(c3ccccc3)c3cc4c(cc3-c3cccc5c3C(C)(C)CCC5(C)C)-c3ccccc3C4(c3ccccc3)c3ccccc3)ccc21. The van der Waals surface area contributed by atoms with E-state index in [2.05, 4.69) is 224 Å². The van der Waals surface area contributed by atoms with Gasteiger partial charge in [0.15, 0.2) is 0 Å². The maximum Gasteiger partial charge on any atom is 0.0714 e. The van der Waals surface area contributed by atoms with Crippen molar-refractivity contribution in [1.29, 1.82) is 0 Å². The van der Waals surface area contributed by atoms with Crippen LogP contribution in [-0.4, -0.2) is 0 Å². The van der Waals surface area contributed by atoms with Gasteiger partial charge in [-0.3, -0.25) is 0 Å². The maximum absolute atomic E-state index is 2.60. The van der Waals surface area contributed by atoms with Crippen LogP contribution >= 0.6 is 0 Å². The first-order valence-corrected chi connectivity index (χ1v) is 22.3. The Kier molecular flexibility index (Phi) is 8.79. The third kappa shape index (κ3) is 5.79. The molecule has 0 amide bonds. The monoisotopic (exact) mass is 781 g/mol. The largest absolute Gasteiger partial charge is 0.310 e. The Morgan fingerprint density at radius 1 is 0.333 bits per heavy atom. The number of anilines is 3. The van der Waals surface area contributed by atoms with Crippen molar-refractivity contribution in [3.63, 3.8) is 0 Å². The van der Waals surface area contributed by atoms with Crippen molar-refractivity contribution in [3.8, 4) is 22.3 Å². The second-order valence-electron chi connectivity index (χ2n) is 20.6. The topological polar surface area (TPSA) is 3.24 Å². The Bertz CT molecular complexity index is 2710. The van der Waals surface area contributed by atoms with Gasteiger partial charge in [0.1, 0.15) is 0 Å². The van der Waals surface area contributed by atoms with Gasteiger partial charge in [-0.05, 0) is 145 Å². The lowest BCUT2D eigenvalue weighted by molar-refractivity contribution is 0.332. The van der Waals surface area contributed by atoms with Crippen molar-refractivity contribution < 1.29 is 0 Å². The van der Waals surface area contributed by atoms with E-state index in [1.54, 1.807) is 0 Å². The number of nitrogens with zero attached hydrogens (tertiary/aromatic N) is 1. The molecule has 7 aromatic carbocycles. The van der Waals surface area contributed by atoms with E-state index in [-0.39, 0.29) is 21.7 Å². The van der Waals surface area contributed by atoms with Crippen molar-refractivity contribution in [2.45, 2.75) is 108 Å². The van der Waals surface area contributed by atoms with Gasteiger partial charge in [-0.15, -0.1) is 0 Å². The first-order valence-electron chi connectivity index (χ1n) is 22.3. The molecule has 3 aliphatic rings. The Labute approximate surface area is 359 Å². The predicted octanol–water partition coefficient (Wildman–Crippen LogP) is 15.9. The summed E-state index contributed by atoms with van der Waals surface area (Å²) in [6.07, 6.45) is 4.68. The van der Waals surface area contributed by atoms with Crippen LogP contribution in [0.3, 0.4) is 0 Å². The van der Waals surface area contributed by atoms with E-state index in [4.69, 9.17) is 0 Å². The average Bonchev–Trinajstić information content (AvgIpc) is 3.55. The third-order valence-electron chi connectivity index (χ3n) is 15.1. The summed E-state index contributed by atoms with van der Waals surface area (Å²) >= 11 is 0. The fourth-order valence-corrected chi connectivity index (χ4v) is 11.6. The van der Waals surface area contributed by atoms with Crippen LogP contribution in [0.2, 0.25) is 0 Å². The molecule has 0 atom stereocenters. The summed E-state index contributed by atoms with van der Waals surface area (Å²) in [7, 11) is 0. The molecule has 0 fully saturated rings. The molecule has 0 radical (unpaired) electrons. The van der Waals surface area contributed by atoms with Crippen LogP contribution in [0.4, 0.5) is 17.1 Å². The van der Waals surface area contributed by atoms with E-state index in [9.17, 15) is 0 Å². The van der Waals surface area contributed by atoms with Crippen molar-refractivity contribution >= 4 is 17.1 Å². The molecule has 0 spiro atoms. The van der Waals surface area contributed by atoms with Crippen LogP contribution in [0.25, 0.3) is 22.3 Å². The molecule has 0 heterocycles. The van der Waals surface area contributed by atoms with Crippen molar-refractivity contribution in [3.05, 3.63) is 208 Å². The highest BCUT2D eigenvalue weighted by molar-refractivity contribution is 5.97. The number of hydrogen-bond acceptors (Lipinski definition) is 1. The smallest absolute Gasteiger partial charge is 0.0714 e. The second-order valence-corrected chi connectivity index (χ2v) is 20.6. The van der Waals surface area contributed by atoms with Gasteiger partial charge in [0.2, 0.25) is 0 Å². The van der Waals surface area contributed by atoms with Gasteiger partial charge in [0.25, 0.3) is 0 Å². The summed E-state index contributed by atoms with van der Waals surface area (Å²) in [5, 5.41) is 0. The lowest BCUT2D eigenvalue weighted by Gasteiger charge is -2.44. The van der Waals surface area contributed by atoms with Crippen molar-refractivity contribution in [2.75, 3.05) is 4.90 Å². The van der Waals surface area contributed by atoms with Gasteiger partial charge in [-0.25, -0.2) is 0 Å². The van der Waals surface area contributed by atoms with Crippen LogP contribution in [0.1, 0.15) is 126 Å². The molecule has 7 aromatic rings. The van der Waals surface area contributed by atoms with Crippen LogP contribution in [0.5, 0.6) is 0 Å². The zero-order valence-electron chi connectivity index (χ0n) is 36.9. The number of hydrogen-bond donors (Lipinski definition) is 0. The van der Waals surface area contributed by atoms with E-state index < -0.39 is 5.41 Å². The van der Waals surface area contributed by atoms with Gasteiger partial charge < -0.3 is 4.90 Å². The molecule has 60 heavy (non-hydrogen) atoms. The number of fused-ring (bicyclic) bond motifs is 5. The fourth-order valence-electron chi connectivity index (χ4n) is 11.6. The first-order chi connectivity index (χ1) is 28.7. The molecule has 300 valence electrons. The van der Waals surface area contributed by atoms with Crippen LogP contribution in [-0.2, 0) is 27.1 Å². The molecule has 0 saturated heterocycles. The van der Waals surface area contributed by atoms with Crippen molar-refractivity contribution in [1.82, 2.24) is 0 Å². The average molecular weight is 782 g/mol. The number of rotatable bonds is 6. The summed E-state index contributed by atoms with van der Waals surface area (Å²) in [6, 6.07) is 62.6. The Balaban J connectivity index is 1.37. The number of para-hydroxylation sites is 1. The third-order valence-corrected chi connectivity index (χ3v) is 15.1. The zero-order valence-corrected chi connectivity index (χ0v) is 36.9. The molecular weight excluding hydrogens is 723 g/mol. The lowest BCUT2D eigenvalue weighted by Crippen LogP contribution is -2.34. The molecule has 1 heteroatoms. The van der Waals surface area contributed by atoms with Gasteiger partial charge in [0, 0.05) is 16.9 Å². The molecule has 0 aliphatic heterocycles. The maximum atomic E-state index is 2.60.